The van der Waals surface area contributed by atoms with E-state index in [1.165, 1.54) is 10.1 Å². The molecule has 3 aromatic rings. The molecule has 1 nitrogen and oxygen atoms in total. The molecule has 1 aromatic heterocycles. The molecule has 0 aliphatic carbocycles. The quantitative estimate of drug-likeness (QED) is 0.571. The van der Waals surface area contributed by atoms with Crippen molar-refractivity contribution in [2.75, 3.05) is 0 Å². The third-order valence-corrected chi connectivity index (χ3v) is 3.73. The molecule has 77 valence electrons. The number of hydrogen-bond acceptors (Lipinski definition) is 1. The Bertz CT molecular complexity index is 607. The topological polar surface area (TPSA) is 19.9 Å². The fourth-order valence-corrected chi connectivity index (χ4v) is 2.88. The lowest BCUT2D eigenvalue weighted by atomic mass is 10.1. The molecule has 0 aliphatic rings. The smallest absolute Gasteiger partial charge is 0.187 e. The van der Waals surface area contributed by atoms with Gasteiger partial charge in [-0.1, -0.05) is 30.3 Å². The normalized spacial score (nSPS) is 10.8. The summed E-state index contributed by atoms with van der Waals surface area (Å²) in [5.41, 5.74) is 0.795. The minimum atomic E-state index is 0.0917. The van der Waals surface area contributed by atoms with Gasteiger partial charge in [0.25, 0.3) is 0 Å². The molecule has 1 radical (unpaired) electrons. The molecule has 2 aromatic carbocycles. The second-order valence-corrected chi connectivity index (χ2v) is 4.73. The Morgan fingerprint density at radius 1 is 0.875 bits per heavy atom. The number of para-hydroxylation sites is 1. The molecule has 0 atom stereocenters. The summed E-state index contributed by atoms with van der Waals surface area (Å²) >= 11 is 1.66. The summed E-state index contributed by atoms with van der Waals surface area (Å²) in [7, 11) is 0. The minimum absolute atomic E-state index is 0.0917. The van der Waals surface area contributed by atoms with Crippen LogP contribution in [0.25, 0.3) is 20.5 Å². The van der Waals surface area contributed by atoms with Gasteiger partial charge in [0.1, 0.15) is 0 Å². The van der Waals surface area contributed by atoms with Crippen molar-refractivity contribution in [2.24, 2.45) is 0 Å². The molecule has 0 bridgehead atoms. The lowest BCUT2D eigenvalue weighted by molar-refractivity contribution is 0.357. The number of hydrogen-bond donors (Lipinski definition) is 0. The molecule has 0 unspecified atom stereocenters. The Labute approximate surface area is 97.6 Å². The molecule has 0 aliphatic heterocycles. The average Bonchev–Trinajstić information content (AvgIpc) is 2.73. The average molecular weight is 225 g/mol. The van der Waals surface area contributed by atoms with Crippen molar-refractivity contribution in [3.63, 3.8) is 0 Å². The minimum Gasteiger partial charge on any atom is -0.289 e. The van der Waals surface area contributed by atoms with Crippen molar-refractivity contribution >= 4 is 21.4 Å². The lowest BCUT2D eigenvalue weighted by Gasteiger charge is -1.96. The van der Waals surface area contributed by atoms with Gasteiger partial charge in [0.05, 0.1) is 0 Å². The summed E-state index contributed by atoms with van der Waals surface area (Å²) in [6, 6.07) is 17.4. The first kappa shape index (κ1) is 9.43. The van der Waals surface area contributed by atoms with Gasteiger partial charge in [-0.2, -0.15) is 0 Å². The predicted octanol–water partition coefficient (Wildman–Crippen LogP) is 4.71. The highest BCUT2D eigenvalue weighted by molar-refractivity contribution is 7.22. The van der Waals surface area contributed by atoms with Crippen LogP contribution in [0.4, 0.5) is 0 Å². The number of fused-ring (bicyclic) bond motifs is 1. The molecule has 1 heterocycles. The van der Waals surface area contributed by atoms with Crippen LogP contribution < -0.4 is 0 Å². The maximum atomic E-state index is 11.7. The maximum absolute atomic E-state index is 11.7. The SMILES string of the molecule is [O]c1ccccc1-c1cc2ccccc2s1. The molecule has 3 rings (SSSR count). The monoisotopic (exact) mass is 225 g/mol. The fraction of sp³-hybridized carbons (Fsp3) is 0. The van der Waals surface area contributed by atoms with Crippen molar-refractivity contribution in [1.82, 2.24) is 0 Å². The van der Waals surface area contributed by atoms with Gasteiger partial charge in [0.2, 0.25) is 0 Å². The molecule has 16 heavy (non-hydrogen) atoms. The van der Waals surface area contributed by atoms with Crippen LogP contribution in [0.5, 0.6) is 5.75 Å². The van der Waals surface area contributed by atoms with Crippen LogP contribution in [-0.2, 0) is 5.11 Å². The zero-order chi connectivity index (χ0) is 11.0. The molecule has 0 N–H and O–H groups in total. The van der Waals surface area contributed by atoms with E-state index < -0.39 is 0 Å². The van der Waals surface area contributed by atoms with Gasteiger partial charge in [-0.25, -0.2) is 0 Å². The summed E-state index contributed by atoms with van der Waals surface area (Å²) in [5.74, 6) is 0.0917. The second kappa shape index (κ2) is 3.65. The zero-order valence-electron chi connectivity index (χ0n) is 8.51. The van der Waals surface area contributed by atoms with E-state index in [0.29, 0.717) is 0 Å². The number of thiophene rings is 1. The van der Waals surface area contributed by atoms with Crippen LogP contribution in [0, 0.1) is 0 Å². The largest absolute Gasteiger partial charge is 0.289 e. The highest BCUT2D eigenvalue weighted by atomic mass is 32.1. The van der Waals surface area contributed by atoms with Crippen LogP contribution in [0.2, 0.25) is 0 Å². The standard InChI is InChI=1S/C14H9OS/c15-12-7-3-2-6-11(12)14-9-10-5-1-4-8-13(10)16-14/h1-9H. The van der Waals surface area contributed by atoms with Crippen molar-refractivity contribution < 1.29 is 5.11 Å². The molecule has 0 saturated carbocycles. The van der Waals surface area contributed by atoms with Crippen LogP contribution >= 0.6 is 11.3 Å². The third-order valence-electron chi connectivity index (χ3n) is 2.58. The van der Waals surface area contributed by atoms with Gasteiger partial charge in [-0.05, 0) is 29.7 Å². The van der Waals surface area contributed by atoms with Gasteiger partial charge in [-0.15, -0.1) is 11.3 Å². The molecule has 2 heteroatoms. The summed E-state index contributed by atoms with van der Waals surface area (Å²) in [5, 5.41) is 12.9. The van der Waals surface area contributed by atoms with E-state index in [1.54, 1.807) is 23.5 Å². The summed E-state index contributed by atoms with van der Waals surface area (Å²) in [4.78, 5) is 1.05. The van der Waals surface area contributed by atoms with Crippen LogP contribution in [0.3, 0.4) is 0 Å². The van der Waals surface area contributed by atoms with Gasteiger partial charge < -0.3 is 0 Å². The molecular weight excluding hydrogens is 216 g/mol. The zero-order valence-corrected chi connectivity index (χ0v) is 9.33. The Kier molecular flexibility index (Phi) is 2.15. The van der Waals surface area contributed by atoms with E-state index >= 15 is 0 Å². The van der Waals surface area contributed by atoms with Crippen molar-refractivity contribution in [3.05, 3.63) is 54.6 Å². The van der Waals surface area contributed by atoms with Gasteiger partial charge in [0, 0.05) is 15.1 Å². The number of rotatable bonds is 1. The summed E-state index contributed by atoms with van der Waals surface area (Å²) < 4.78 is 1.22. The number of benzene rings is 2. The summed E-state index contributed by atoms with van der Waals surface area (Å²) in [6.07, 6.45) is 0. The van der Waals surface area contributed by atoms with E-state index in [1.807, 2.05) is 24.3 Å². The molecule has 0 fully saturated rings. The van der Waals surface area contributed by atoms with Gasteiger partial charge >= 0.3 is 0 Å². The van der Waals surface area contributed by atoms with E-state index in [0.717, 1.165) is 10.4 Å². The first-order valence-corrected chi connectivity index (χ1v) is 5.91. The third kappa shape index (κ3) is 1.48. The Hall–Kier alpha value is -1.80. The van der Waals surface area contributed by atoms with E-state index in [-0.39, 0.29) is 5.75 Å². The lowest BCUT2D eigenvalue weighted by Crippen LogP contribution is -1.70. The van der Waals surface area contributed by atoms with Crippen molar-refractivity contribution in [3.8, 4) is 16.2 Å². The van der Waals surface area contributed by atoms with Crippen LogP contribution in [0.1, 0.15) is 0 Å². The molecule has 0 amide bonds. The summed E-state index contributed by atoms with van der Waals surface area (Å²) in [6.45, 7) is 0. The van der Waals surface area contributed by atoms with E-state index in [9.17, 15) is 5.11 Å². The van der Waals surface area contributed by atoms with Gasteiger partial charge in [0.15, 0.2) is 5.75 Å². The highest BCUT2D eigenvalue weighted by Crippen LogP contribution is 2.37. The highest BCUT2D eigenvalue weighted by Gasteiger charge is 2.08. The van der Waals surface area contributed by atoms with Gasteiger partial charge in [-0.3, -0.25) is 5.11 Å². The second-order valence-electron chi connectivity index (χ2n) is 3.64. The van der Waals surface area contributed by atoms with Crippen molar-refractivity contribution in [1.29, 1.82) is 0 Å². The van der Waals surface area contributed by atoms with E-state index in [4.69, 9.17) is 0 Å². The molecular formula is C14H9OS. The van der Waals surface area contributed by atoms with Crippen LogP contribution in [-0.4, -0.2) is 0 Å². The van der Waals surface area contributed by atoms with Crippen LogP contribution in [0.15, 0.2) is 54.6 Å². The molecule has 0 spiro atoms. The predicted molar refractivity (Wildman–Crippen MR) is 67.4 cm³/mol. The first-order chi connectivity index (χ1) is 7.84. The molecule has 0 saturated heterocycles. The Balaban J connectivity index is 2.23. The Morgan fingerprint density at radius 3 is 2.44 bits per heavy atom. The Morgan fingerprint density at radius 2 is 1.62 bits per heavy atom. The van der Waals surface area contributed by atoms with E-state index in [2.05, 4.69) is 18.2 Å². The first-order valence-electron chi connectivity index (χ1n) is 5.09. The fourth-order valence-electron chi connectivity index (χ4n) is 1.78. The van der Waals surface area contributed by atoms with Crippen molar-refractivity contribution in [2.45, 2.75) is 0 Å². The maximum Gasteiger partial charge on any atom is 0.187 e.